The number of hydrogen-bond donors (Lipinski definition) is 1. The summed E-state index contributed by atoms with van der Waals surface area (Å²) in [5.74, 6) is 0.211. The molecule has 9 nitrogen and oxygen atoms in total. The molecule has 2 aliphatic heterocycles. The van der Waals surface area contributed by atoms with E-state index in [9.17, 15) is 19.5 Å². The highest BCUT2D eigenvalue weighted by Crippen LogP contribution is 2.36. The van der Waals surface area contributed by atoms with Gasteiger partial charge in [0.1, 0.15) is 29.0 Å². The fourth-order valence-electron chi connectivity index (χ4n) is 3.90. The summed E-state index contributed by atoms with van der Waals surface area (Å²) in [7, 11) is 3.07. The maximum Gasteiger partial charge on any atom is 0.326 e. The largest absolute Gasteiger partial charge is 0.497 e. The van der Waals surface area contributed by atoms with Crippen LogP contribution in [0.3, 0.4) is 0 Å². The average molecular weight is 453 g/mol. The molecule has 2 heterocycles. The van der Waals surface area contributed by atoms with Gasteiger partial charge in [-0.25, -0.2) is 4.79 Å². The summed E-state index contributed by atoms with van der Waals surface area (Å²) < 4.78 is 21.9. The monoisotopic (exact) mass is 453 g/mol. The number of carboxylic acid groups (broad SMARTS) is 1. The fourth-order valence-corrected chi connectivity index (χ4v) is 3.90. The number of amides is 1. The lowest BCUT2D eigenvalue weighted by Crippen LogP contribution is -2.42. The van der Waals surface area contributed by atoms with Gasteiger partial charge < -0.3 is 29.0 Å². The van der Waals surface area contributed by atoms with Crippen LogP contribution in [0.15, 0.2) is 42.2 Å². The number of carbonyl (C=O) groups excluding carboxylic acids is 2. The molecule has 0 unspecified atom stereocenters. The van der Waals surface area contributed by atoms with E-state index in [2.05, 4.69) is 0 Å². The molecule has 1 fully saturated rings. The second-order valence-corrected chi connectivity index (χ2v) is 7.58. The Morgan fingerprint density at radius 1 is 1.15 bits per heavy atom. The van der Waals surface area contributed by atoms with Crippen LogP contribution in [0, 0.1) is 0 Å². The summed E-state index contributed by atoms with van der Waals surface area (Å²) in [6.07, 6.45) is 2.65. The number of fused-ring (bicyclic) bond motifs is 1. The number of rotatable bonds is 7. The van der Waals surface area contributed by atoms with Crippen LogP contribution in [0.5, 0.6) is 23.0 Å². The number of Topliss-reactive ketones (excluding diaryl/α,β-unsaturated/α-hetero) is 1. The summed E-state index contributed by atoms with van der Waals surface area (Å²) >= 11 is 0. The van der Waals surface area contributed by atoms with Crippen molar-refractivity contribution in [3.63, 3.8) is 0 Å². The molecule has 1 amide bonds. The zero-order chi connectivity index (χ0) is 23.5. The highest BCUT2D eigenvalue weighted by molar-refractivity contribution is 6.14. The minimum Gasteiger partial charge on any atom is -0.497 e. The number of carboxylic acids is 1. The smallest absolute Gasteiger partial charge is 0.326 e. The Labute approximate surface area is 190 Å². The number of ether oxygens (including phenoxy) is 4. The van der Waals surface area contributed by atoms with Crippen molar-refractivity contribution < 1.29 is 38.4 Å². The van der Waals surface area contributed by atoms with E-state index in [1.807, 2.05) is 0 Å². The van der Waals surface area contributed by atoms with E-state index in [0.717, 1.165) is 0 Å². The molecule has 33 heavy (non-hydrogen) atoms. The Bertz CT molecular complexity index is 1140. The molecule has 0 bridgehead atoms. The highest BCUT2D eigenvalue weighted by atomic mass is 16.5. The van der Waals surface area contributed by atoms with Gasteiger partial charge >= 0.3 is 5.97 Å². The van der Waals surface area contributed by atoms with Gasteiger partial charge in [0.05, 0.1) is 19.8 Å². The van der Waals surface area contributed by atoms with Crippen LogP contribution in [0.2, 0.25) is 0 Å². The van der Waals surface area contributed by atoms with Crippen molar-refractivity contribution in [2.75, 3.05) is 27.4 Å². The number of ketones is 1. The molecule has 0 radical (unpaired) electrons. The number of aliphatic carboxylic acids is 1. The second kappa shape index (κ2) is 9.23. The zero-order valence-corrected chi connectivity index (χ0v) is 18.2. The number of carbonyl (C=O) groups is 3. The molecule has 1 atom stereocenters. The van der Waals surface area contributed by atoms with Gasteiger partial charge in [0, 0.05) is 18.2 Å². The first-order valence-electron chi connectivity index (χ1n) is 10.4. The lowest BCUT2D eigenvalue weighted by atomic mass is 10.1. The van der Waals surface area contributed by atoms with Crippen molar-refractivity contribution in [2.45, 2.75) is 18.9 Å². The molecule has 0 aliphatic carbocycles. The molecule has 2 aromatic carbocycles. The molecule has 0 spiro atoms. The lowest BCUT2D eigenvalue weighted by molar-refractivity contribution is -0.148. The topological polar surface area (TPSA) is 112 Å². The first-order chi connectivity index (χ1) is 15.9. The normalized spacial score (nSPS) is 18.1. The van der Waals surface area contributed by atoms with Crippen molar-refractivity contribution >= 4 is 23.7 Å². The van der Waals surface area contributed by atoms with Gasteiger partial charge in [-0.3, -0.25) is 9.59 Å². The number of hydrogen-bond acceptors (Lipinski definition) is 7. The SMILES string of the molecule is COc1ccc(OC)c(C=C2Oc3cc(OCC(=O)N4CCC[C@H]4C(=O)O)ccc3C2=O)c1. The predicted molar refractivity (Wildman–Crippen MR) is 117 cm³/mol. The molecule has 1 N–H and O–H groups in total. The van der Waals surface area contributed by atoms with Crippen LogP contribution in [0.4, 0.5) is 0 Å². The van der Waals surface area contributed by atoms with Crippen molar-refractivity contribution in [2.24, 2.45) is 0 Å². The van der Waals surface area contributed by atoms with Crippen LogP contribution in [-0.2, 0) is 9.59 Å². The van der Waals surface area contributed by atoms with Crippen LogP contribution < -0.4 is 18.9 Å². The number of likely N-dealkylation sites (tertiary alicyclic amines) is 1. The van der Waals surface area contributed by atoms with Crippen molar-refractivity contribution in [1.29, 1.82) is 0 Å². The third kappa shape index (κ3) is 4.48. The van der Waals surface area contributed by atoms with Gasteiger partial charge in [0.15, 0.2) is 12.4 Å². The van der Waals surface area contributed by atoms with Crippen LogP contribution in [0.1, 0.15) is 28.8 Å². The predicted octanol–water partition coefficient (Wildman–Crippen LogP) is 2.77. The van der Waals surface area contributed by atoms with Gasteiger partial charge in [-0.2, -0.15) is 0 Å². The first-order valence-corrected chi connectivity index (χ1v) is 10.4. The van der Waals surface area contributed by atoms with Gasteiger partial charge in [-0.15, -0.1) is 0 Å². The quantitative estimate of drug-likeness (QED) is 0.637. The lowest BCUT2D eigenvalue weighted by Gasteiger charge is -2.21. The molecular weight excluding hydrogens is 430 g/mol. The number of benzene rings is 2. The van der Waals surface area contributed by atoms with E-state index >= 15 is 0 Å². The molecule has 4 rings (SSSR count). The van der Waals surface area contributed by atoms with Gasteiger partial charge in [-0.1, -0.05) is 0 Å². The van der Waals surface area contributed by atoms with Crippen LogP contribution in [0.25, 0.3) is 6.08 Å². The standard InChI is InChI=1S/C24H23NO8/c1-30-15-6-8-19(31-2)14(10-15)11-21-23(27)17-7-5-16(12-20(17)33-21)32-13-22(26)25-9-3-4-18(25)24(28)29/h5-8,10-12,18H,3-4,9,13H2,1-2H3,(H,28,29)/t18-/m0/s1. The summed E-state index contributed by atoms with van der Waals surface area (Å²) in [5, 5.41) is 9.24. The molecule has 9 heteroatoms. The minimum absolute atomic E-state index is 0.117. The molecule has 2 aliphatic rings. The van der Waals surface area contributed by atoms with Crippen molar-refractivity contribution in [3.8, 4) is 23.0 Å². The third-order valence-electron chi connectivity index (χ3n) is 5.59. The van der Waals surface area contributed by atoms with Gasteiger partial charge in [-0.05, 0) is 49.2 Å². The molecular formula is C24H23NO8. The zero-order valence-electron chi connectivity index (χ0n) is 18.2. The Morgan fingerprint density at radius 2 is 1.94 bits per heavy atom. The second-order valence-electron chi connectivity index (χ2n) is 7.58. The highest BCUT2D eigenvalue weighted by Gasteiger charge is 2.34. The van der Waals surface area contributed by atoms with E-state index in [0.29, 0.717) is 53.5 Å². The maximum absolute atomic E-state index is 12.8. The maximum atomic E-state index is 12.8. The number of nitrogens with zero attached hydrogens (tertiary/aromatic N) is 1. The van der Waals surface area contributed by atoms with Crippen molar-refractivity contribution in [1.82, 2.24) is 4.90 Å². The van der Waals surface area contributed by atoms with Gasteiger partial charge in [0.25, 0.3) is 5.91 Å². The van der Waals surface area contributed by atoms with E-state index in [-0.39, 0.29) is 18.1 Å². The minimum atomic E-state index is -1.02. The molecule has 172 valence electrons. The number of allylic oxidation sites excluding steroid dienone is 1. The Hall–Kier alpha value is -4.01. The Morgan fingerprint density at radius 3 is 2.67 bits per heavy atom. The van der Waals surface area contributed by atoms with E-state index in [1.54, 1.807) is 43.5 Å². The summed E-state index contributed by atoms with van der Waals surface area (Å²) in [6.45, 7) is 0.0864. The molecule has 0 aromatic heterocycles. The fraction of sp³-hybridized carbons (Fsp3) is 0.292. The summed E-state index contributed by atoms with van der Waals surface area (Å²) in [5.41, 5.74) is 0.987. The number of methoxy groups -OCH3 is 2. The average Bonchev–Trinajstić information content (AvgIpc) is 3.43. The molecule has 2 aromatic rings. The Kier molecular flexibility index (Phi) is 6.21. The van der Waals surface area contributed by atoms with Crippen molar-refractivity contribution in [3.05, 3.63) is 53.3 Å². The van der Waals surface area contributed by atoms with E-state index in [1.165, 1.54) is 18.1 Å². The van der Waals surface area contributed by atoms with Gasteiger partial charge in [0.2, 0.25) is 5.78 Å². The van der Waals surface area contributed by atoms with Crippen LogP contribution >= 0.6 is 0 Å². The first kappa shape index (κ1) is 22.2. The van der Waals surface area contributed by atoms with Crippen LogP contribution in [-0.4, -0.2) is 61.1 Å². The van der Waals surface area contributed by atoms with E-state index < -0.39 is 17.9 Å². The summed E-state index contributed by atoms with van der Waals surface area (Å²) in [4.78, 5) is 37.8. The molecule has 0 saturated carbocycles. The molecule has 1 saturated heterocycles. The van der Waals surface area contributed by atoms with E-state index in [4.69, 9.17) is 18.9 Å². The Balaban J connectivity index is 1.48. The summed E-state index contributed by atoms with van der Waals surface area (Å²) in [6, 6.07) is 9.06. The third-order valence-corrected chi connectivity index (χ3v) is 5.59.